The van der Waals surface area contributed by atoms with Crippen molar-refractivity contribution in [1.29, 1.82) is 0 Å². The van der Waals surface area contributed by atoms with Gasteiger partial charge in [-0.3, -0.25) is 0 Å². The maximum Gasteiger partial charge on any atom is 0.0558 e. The molecule has 1 rings (SSSR count). The Morgan fingerprint density at radius 3 is 2.56 bits per heavy atom. The van der Waals surface area contributed by atoms with E-state index in [9.17, 15) is 0 Å². The molecule has 0 fully saturated rings. The van der Waals surface area contributed by atoms with Crippen LogP contribution in [0.3, 0.4) is 0 Å². The van der Waals surface area contributed by atoms with Gasteiger partial charge in [-0.1, -0.05) is 11.6 Å². The van der Waals surface area contributed by atoms with Gasteiger partial charge in [0.2, 0.25) is 0 Å². The number of benzene rings is 1. The van der Waals surface area contributed by atoms with Crippen LogP contribution in [0.1, 0.15) is 0 Å². The van der Waals surface area contributed by atoms with E-state index in [0.29, 0.717) is 0 Å². The summed E-state index contributed by atoms with van der Waals surface area (Å²) in [5.41, 5.74) is 0. The molecule has 0 aliphatic carbocycles. The third kappa shape index (κ3) is 2.09. The van der Waals surface area contributed by atoms with Gasteiger partial charge in [-0.05, 0) is 56.7 Å². The van der Waals surface area contributed by atoms with Crippen LogP contribution in [-0.2, 0) is 0 Å². The van der Waals surface area contributed by atoms with Gasteiger partial charge in [0.1, 0.15) is 0 Å². The molecule has 0 unspecified atom stereocenters. The lowest BCUT2D eigenvalue weighted by Crippen LogP contribution is -1.70. The molecule has 3 heteroatoms. The first-order valence-corrected chi connectivity index (χ1v) is 4.55. The van der Waals surface area contributed by atoms with Crippen LogP contribution < -0.4 is 0 Å². The summed E-state index contributed by atoms with van der Waals surface area (Å²) in [6.45, 7) is 0. The van der Waals surface area contributed by atoms with E-state index in [1.54, 1.807) is 0 Å². The van der Waals surface area contributed by atoms with Crippen molar-refractivity contribution in [2.45, 2.75) is 0 Å². The highest BCUT2D eigenvalue weighted by Gasteiger charge is 1.94. The molecule has 0 atom stereocenters. The first-order valence-electron chi connectivity index (χ1n) is 2.30. The molecule has 48 valence electrons. The zero-order chi connectivity index (χ0) is 6.85. The second-order valence-electron chi connectivity index (χ2n) is 1.56. The zero-order valence-corrected chi connectivity index (χ0v) is 8.87. The highest BCUT2D eigenvalue weighted by Crippen LogP contribution is 2.23. The molecule has 0 amide bonds. The minimum atomic E-state index is 0.766. The molecule has 0 saturated heterocycles. The summed E-state index contributed by atoms with van der Waals surface area (Å²) in [4.78, 5) is 0. The quantitative estimate of drug-likeness (QED) is 0.505. The Morgan fingerprint density at radius 1 is 1.44 bits per heavy atom. The van der Waals surface area contributed by atoms with E-state index in [4.69, 9.17) is 11.6 Å². The predicted octanol–water partition coefficient (Wildman–Crippen LogP) is 3.71. The number of hydrogen-bond donors (Lipinski definition) is 0. The Bertz CT molecular complexity index is 224. The third-order valence-corrected chi connectivity index (χ3v) is 2.79. The van der Waals surface area contributed by atoms with E-state index in [1.165, 1.54) is 0 Å². The minimum Gasteiger partial charge on any atom is -0.0831 e. The summed E-state index contributed by atoms with van der Waals surface area (Å²) in [6.07, 6.45) is 0. The van der Waals surface area contributed by atoms with Crippen molar-refractivity contribution in [3.05, 3.63) is 31.3 Å². The van der Waals surface area contributed by atoms with E-state index < -0.39 is 0 Å². The van der Waals surface area contributed by atoms with Crippen LogP contribution in [0, 0.1) is 3.57 Å². The topological polar surface area (TPSA) is 0 Å². The molecular formula is C6H3BrClI. The van der Waals surface area contributed by atoms with E-state index in [1.807, 2.05) is 18.2 Å². The van der Waals surface area contributed by atoms with Crippen molar-refractivity contribution in [3.8, 4) is 0 Å². The average molecular weight is 317 g/mol. The van der Waals surface area contributed by atoms with Crippen LogP contribution in [0.5, 0.6) is 0 Å². The van der Waals surface area contributed by atoms with Crippen molar-refractivity contribution < 1.29 is 0 Å². The lowest BCUT2D eigenvalue weighted by molar-refractivity contribution is 1.60. The van der Waals surface area contributed by atoms with E-state index in [0.717, 1.165) is 13.1 Å². The summed E-state index contributed by atoms with van der Waals surface area (Å²) < 4.78 is 2.10. The van der Waals surface area contributed by atoms with Gasteiger partial charge in [0.15, 0.2) is 0 Å². The van der Waals surface area contributed by atoms with Crippen molar-refractivity contribution in [2.24, 2.45) is 0 Å². The van der Waals surface area contributed by atoms with Gasteiger partial charge in [-0.25, -0.2) is 0 Å². The van der Waals surface area contributed by atoms with Crippen molar-refractivity contribution in [3.63, 3.8) is 0 Å². The molecule has 0 N–H and O–H groups in total. The van der Waals surface area contributed by atoms with E-state index >= 15 is 0 Å². The van der Waals surface area contributed by atoms with Crippen molar-refractivity contribution in [1.82, 2.24) is 0 Å². The Morgan fingerprint density at radius 2 is 2.11 bits per heavy atom. The fraction of sp³-hybridized carbons (Fsp3) is 0. The molecule has 0 aliphatic rings. The number of halogens is 3. The minimum absolute atomic E-state index is 0.766. The first kappa shape index (κ1) is 7.82. The van der Waals surface area contributed by atoms with Crippen molar-refractivity contribution >= 4 is 50.1 Å². The molecular weight excluding hydrogens is 314 g/mol. The Balaban J connectivity index is 3.17. The SMILES string of the molecule is Clc1cc(I)ccc1Br. The largest absolute Gasteiger partial charge is 0.0831 e. The van der Waals surface area contributed by atoms with Crippen LogP contribution in [-0.4, -0.2) is 0 Å². The summed E-state index contributed by atoms with van der Waals surface area (Å²) in [7, 11) is 0. The molecule has 9 heavy (non-hydrogen) atoms. The second kappa shape index (κ2) is 3.21. The van der Waals surface area contributed by atoms with Crippen LogP contribution in [0.15, 0.2) is 22.7 Å². The van der Waals surface area contributed by atoms with Gasteiger partial charge < -0.3 is 0 Å². The summed E-state index contributed by atoms with van der Waals surface area (Å²) in [5, 5.41) is 0.766. The molecule has 1 aromatic carbocycles. The standard InChI is InChI=1S/C6H3BrClI/c7-5-2-1-4(9)3-6(5)8/h1-3H. The van der Waals surface area contributed by atoms with Crippen LogP contribution >= 0.6 is 50.1 Å². The molecule has 1 aromatic rings. The molecule has 0 spiro atoms. The van der Waals surface area contributed by atoms with Gasteiger partial charge in [0.05, 0.1) is 5.02 Å². The highest BCUT2D eigenvalue weighted by atomic mass is 127. The fourth-order valence-corrected chi connectivity index (χ4v) is 1.57. The monoisotopic (exact) mass is 316 g/mol. The van der Waals surface area contributed by atoms with Gasteiger partial charge in [0.25, 0.3) is 0 Å². The molecule has 0 aromatic heterocycles. The van der Waals surface area contributed by atoms with Crippen molar-refractivity contribution in [2.75, 3.05) is 0 Å². The van der Waals surface area contributed by atoms with Crippen LogP contribution in [0.4, 0.5) is 0 Å². The Kier molecular flexibility index (Phi) is 2.79. The van der Waals surface area contributed by atoms with Gasteiger partial charge in [-0.2, -0.15) is 0 Å². The smallest absolute Gasteiger partial charge is 0.0558 e. The Labute approximate surface area is 80.9 Å². The van der Waals surface area contributed by atoms with Crippen LogP contribution in [0.2, 0.25) is 5.02 Å². The highest BCUT2D eigenvalue weighted by molar-refractivity contribution is 14.1. The summed E-state index contributed by atoms with van der Waals surface area (Å²) in [5.74, 6) is 0. The zero-order valence-electron chi connectivity index (χ0n) is 4.37. The lowest BCUT2D eigenvalue weighted by Gasteiger charge is -1.93. The molecule has 0 heterocycles. The second-order valence-corrected chi connectivity index (χ2v) is 4.07. The summed E-state index contributed by atoms with van der Waals surface area (Å²) >= 11 is 11.3. The fourth-order valence-electron chi connectivity index (χ4n) is 0.470. The van der Waals surface area contributed by atoms with E-state index in [-0.39, 0.29) is 0 Å². The number of hydrogen-bond acceptors (Lipinski definition) is 0. The van der Waals surface area contributed by atoms with E-state index in [2.05, 4.69) is 38.5 Å². The molecule has 0 nitrogen and oxygen atoms in total. The van der Waals surface area contributed by atoms with Gasteiger partial charge in [-0.15, -0.1) is 0 Å². The van der Waals surface area contributed by atoms with Gasteiger partial charge in [0, 0.05) is 8.04 Å². The summed E-state index contributed by atoms with van der Waals surface area (Å²) in [6, 6.07) is 5.84. The average Bonchev–Trinajstić information content (AvgIpc) is 1.80. The van der Waals surface area contributed by atoms with Gasteiger partial charge >= 0.3 is 0 Å². The number of rotatable bonds is 0. The first-order chi connectivity index (χ1) is 4.20. The normalized spacial score (nSPS) is 9.67. The third-order valence-electron chi connectivity index (χ3n) is 0.882. The maximum atomic E-state index is 5.76. The molecule has 0 radical (unpaired) electrons. The maximum absolute atomic E-state index is 5.76. The molecule has 0 bridgehead atoms. The predicted molar refractivity (Wildman–Crippen MR) is 51.9 cm³/mol. The Hall–Kier alpha value is 0.720. The lowest BCUT2D eigenvalue weighted by atomic mass is 10.4. The molecule has 0 aliphatic heterocycles. The van der Waals surface area contributed by atoms with Crippen LogP contribution in [0.25, 0.3) is 0 Å². The molecule has 0 saturated carbocycles.